The first-order valence-corrected chi connectivity index (χ1v) is 6.32. The topological polar surface area (TPSA) is 38.7 Å². The average molecular weight is 234 g/mol. The zero-order valence-corrected chi connectivity index (χ0v) is 10.1. The van der Waals surface area contributed by atoms with E-state index in [9.17, 15) is 5.11 Å². The third-order valence-electron chi connectivity index (χ3n) is 3.90. The van der Waals surface area contributed by atoms with Crippen LogP contribution in [-0.2, 0) is 0 Å². The van der Waals surface area contributed by atoms with Crippen molar-refractivity contribution in [2.24, 2.45) is 0 Å². The Morgan fingerprint density at radius 3 is 2.41 bits per heavy atom. The van der Waals surface area contributed by atoms with Crippen molar-refractivity contribution in [3.63, 3.8) is 0 Å². The molecule has 3 heteroatoms. The van der Waals surface area contributed by atoms with E-state index in [2.05, 4.69) is 19.1 Å². The summed E-state index contributed by atoms with van der Waals surface area (Å²) in [5.74, 6) is 2.30. The van der Waals surface area contributed by atoms with Crippen LogP contribution in [0.4, 0.5) is 0 Å². The van der Waals surface area contributed by atoms with Gasteiger partial charge in [-0.2, -0.15) is 0 Å². The molecule has 3 rings (SSSR count). The quantitative estimate of drug-likeness (QED) is 0.812. The smallest absolute Gasteiger partial charge is 0.231 e. The van der Waals surface area contributed by atoms with Crippen LogP contribution in [0, 0.1) is 6.92 Å². The van der Waals surface area contributed by atoms with E-state index in [1.807, 2.05) is 0 Å². The molecular weight excluding hydrogens is 216 g/mol. The van der Waals surface area contributed by atoms with Gasteiger partial charge in [0.15, 0.2) is 11.5 Å². The molecular formula is C14H18O3. The van der Waals surface area contributed by atoms with Crippen LogP contribution in [0.3, 0.4) is 0 Å². The molecule has 1 saturated carbocycles. The third-order valence-corrected chi connectivity index (χ3v) is 3.90. The molecule has 0 saturated heterocycles. The Bertz CT molecular complexity index is 420. The molecule has 3 nitrogen and oxygen atoms in total. The van der Waals surface area contributed by atoms with Gasteiger partial charge in [0.05, 0.1) is 6.10 Å². The van der Waals surface area contributed by atoms with E-state index in [1.54, 1.807) is 0 Å². The molecule has 0 bridgehead atoms. The van der Waals surface area contributed by atoms with Crippen LogP contribution in [-0.4, -0.2) is 18.0 Å². The SMILES string of the molecule is Cc1cc2c(cc1C1CCC(O)CC1)OCO2. The number of aliphatic hydroxyl groups excluding tert-OH is 1. The largest absolute Gasteiger partial charge is 0.454 e. The number of rotatable bonds is 1. The lowest BCUT2D eigenvalue weighted by Crippen LogP contribution is -2.17. The first-order valence-electron chi connectivity index (χ1n) is 6.32. The molecule has 1 fully saturated rings. The molecule has 0 unspecified atom stereocenters. The molecule has 1 N–H and O–H groups in total. The van der Waals surface area contributed by atoms with Gasteiger partial charge in [0, 0.05) is 0 Å². The van der Waals surface area contributed by atoms with E-state index < -0.39 is 0 Å². The van der Waals surface area contributed by atoms with Gasteiger partial charge in [0.2, 0.25) is 6.79 Å². The third kappa shape index (κ3) is 2.00. The summed E-state index contributed by atoms with van der Waals surface area (Å²) in [7, 11) is 0. The van der Waals surface area contributed by atoms with Gasteiger partial charge in [-0.25, -0.2) is 0 Å². The summed E-state index contributed by atoms with van der Waals surface area (Å²) in [5, 5.41) is 9.55. The fraction of sp³-hybridized carbons (Fsp3) is 0.571. The summed E-state index contributed by atoms with van der Waals surface area (Å²) >= 11 is 0. The number of benzene rings is 1. The molecule has 1 aromatic rings. The summed E-state index contributed by atoms with van der Waals surface area (Å²) in [6.07, 6.45) is 3.88. The van der Waals surface area contributed by atoms with Crippen LogP contribution in [0.15, 0.2) is 12.1 Å². The normalized spacial score (nSPS) is 27.2. The minimum absolute atomic E-state index is 0.0967. The molecule has 1 aromatic carbocycles. The van der Waals surface area contributed by atoms with Gasteiger partial charge in [-0.15, -0.1) is 0 Å². The van der Waals surface area contributed by atoms with E-state index >= 15 is 0 Å². The van der Waals surface area contributed by atoms with E-state index in [0.29, 0.717) is 12.7 Å². The van der Waals surface area contributed by atoms with Gasteiger partial charge >= 0.3 is 0 Å². The highest BCUT2D eigenvalue weighted by Gasteiger charge is 2.24. The van der Waals surface area contributed by atoms with Crippen molar-refractivity contribution in [1.29, 1.82) is 0 Å². The maximum atomic E-state index is 9.55. The van der Waals surface area contributed by atoms with E-state index in [1.165, 1.54) is 11.1 Å². The number of hydrogen-bond acceptors (Lipinski definition) is 3. The van der Waals surface area contributed by atoms with Gasteiger partial charge in [0.25, 0.3) is 0 Å². The standard InChI is InChI=1S/C14H18O3/c1-9-6-13-14(17-8-16-13)7-12(9)10-2-4-11(15)5-3-10/h6-7,10-11,15H,2-5,8H2,1H3. The molecule has 17 heavy (non-hydrogen) atoms. The predicted molar refractivity (Wildman–Crippen MR) is 64.5 cm³/mol. The fourth-order valence-electron chi connectivity index (χ4n) is 2.89. The Labute approximate surface area is 101 Å². The van der Waals surface area contributed by atoms with E-state index in [-0.39, 0.29) is 6.10 Å². The molecule has 2 aliphatic rings. The number of aliphatic hydroxyl groups is 1. The Kier molecular flexibility index (Phi) is 2.71. The molecule has 0 spiro atoms. The fourth-order valence-corrected chi connectivity index (χ4v) is 2.89. The molecule has 0 aromatic heterocycles. The van der Waals surface area contributed by atoms with Crippen molar-refractivity contribution in [3.05, 3.63) is 23.3 Å². The highest BCUT2D eigenvalue weighted by Crippen LogP contribution is 2.41. The molecule has 92 valence electrons. The summed E-state index contributed by atoms with van der Waals surface area (Å²) in [5.41, 5.74) is 2.64. The van der Waals surface area contributed by atoms with Crippen molar-refractivity contribution in [1.82, 2.24) is 0 Å². The lowest BCUT2D eigenvalue weighted by molar-refractivity contribution is 0.122. The minimum Gasteiger partial charge on any atom is -0.454 e. The molecule has 0 amide bonds. The van der Waals surface area contributed by atoms with Crippen LogP contribution in [0.1, 0.15) is 42.7 Å². The van der Waals surface area contributed by atoms with Gasteiger partial charge < -0.3 is 14.6 Å². The zero-order chi connectivity index (χ0) is 11.8. The van der Waals surface area contributed by atoms with Crippen LogP contribution < -0.4 is 9.47 Å². The maximum absolute atomic E-state index is 9.55. The lowest BCUT2D eigenvalue weighted by Gasteiger charge is -2.27. The second-order valence-corrected chi connectivity index (χ2v) is 5.07. The molecule has 1 aliphatic carbocycles. The highest BCUT2D eigenvalue weighted by molar-refractivity contribution is 5.49. The highest BCUT2D eigenvalue weighted by atomic mass is 16.7. The van der Waals surface area contributed by atoms with E-state index in [0.717, 1.165) is 37.2 Å². The van der Waals surface area contributed by atoms with Crippen LogP contribution in [0.25, 0.3) is 0 Å². The van der Waals surface area contributed by atoms with Gasteiger partial charge in [0.1, 0.15) is 0 Å². The number of hydrogen-bond donors (Lipinski definition) is 1. The summed E-state index contributed by atoms with van der Waals surface area (Å²) < 4.78 is 10.8. The second-order valence-electron chi connectivity index (χ2n) is 5.07. The van der Waals surface area contributed by atoms with Crippen molar-refractivity contribution in [2.45, 2.75) is 44.6 Å². The lowest BCUT2D eigenvalue weighted by atomic mass is 9.81. The van der Waals surface area contributed by atoms with Crippen LogP contribution in [0.2, 0.25) is 0 Å². The monoisotopic (exact) mass is 234 g/mol. The summed E-state index contributed by atoms with van der Waals surface area (Å²) in [6, 6.07) is 4.20. The zero-order valence-electron chi connectivity index (χ0n) is 10.1. The Morgan fingerprint density at radius 1 is 1.06 bits per heavy atom. The van der Waals surface area contributed by atoms with Crippen molar-refractivity contribution in [3.8, 4) is 11.5 Å². The van der Waals surface area contributed by atoms with Crippen molar-refractivity contribution < 1.29 is 14.6 Å². The van der Waals surface area contributed by atoms with Crippen molar-refractivity contribution in [2.75, 3.05) is 6.79 Å². The average Bonchev–Trinajstić information content (AvgIpc) is 2.76. The number of ether oxygens (including phenoxy) is 2. The first kappa shape index (κ1) is 10.9. The van der Waals surface area contributed by atoms with Crippen molar-refractivity contribution >= 4 is 0 Å². The maximum Gasteiger partial charge on any atom is 0.231 e. The summed E-state index contributed by atoms with van der Waals surface area (Å²) in [6.45, 7) is 2.46. The van der Waals surface area contributed by atoms with Crippen LogP contribution in [0.5, 0.6) is 11.5 Å². The molecule has 1 aliphatic heterocycles. The molecule has 0 atom stereocenters. The van der Waals surface area contributed by atoms with E-state index in [4.69, 9.17) is 9.47 Å². The number of aryl methyl sites for hydroxylation is 1. The van der Waals surface area contributed by atoms with Gasteiger partial charge in [-0.3, -0.25) is 0 Å². The Balaban J connectivity index is 1.87. The number of fused-ring (bicyclic) bond motifs is 1. The Morgan fingerprint density at radius 2 is 1.71 bits per heavy atom. The van der Waals surface area contributed by atoms with Gasteiger partial charge in [-0.05, 0) is 61.8 Å². The Hall–Kier alpha value is -1.22. The van der Waals surface area contributed by atoms with Crippen LogP contribution >= 0.6 is 0 Å². The summed E-state index contributed by atoms with van der Waals surface area (Å²) in [4.78, 5) is 0. The second kappa shape index (κ2) is 4.22. The first-order chi connectivity index (χ1) is 8.24. The van der Waals surface area contributed by atoms with Gasteiger partial charge in [-0.1, -0.05) is 0 Å². The molecule has 1 heterocycles. The minimum atomic E-state index is -0.0967. The predicted octanol–water partition coefficient (Wildman–Crippen LogP) is 2.74. The molecule has 0 radical (unpaired) electrons.